The van der Waals surface area contributed by atoms with Gasteiger partial charge in [0.25, 0.3) is 11.7 Å². The largest absolute Gasteiger partial charge is 0.508 e. The van der Waals surface area contributed by atoms with E-state index in [-0.39, 0.29) is 23.6 Å². The van der Waals surface area contributed by atoms with Gasteiger partial charge in [0.05, 0.1) is 11.6 Å². The second kappa shape index (κ2) is 8.94. The van der Waals surface area contributed by atoms with Crippen LogP contribution in [0.25, 0.3) is 5.76 Å². The summed E-state index contributed by atoms with van der Waals surface area (Å²) in [5.74, 6) is -0.744. The minimum absolute atomic E-state index is 0.00507. The summed E-state index contributed by atoms with van der Waals surface area (Å²) in [6, 6.07) is 20.1. The third kappa shape index (κ3) is 3.96. The molecule has 0 radical (unpaired) electrons. The van der Waals surface area contributed by atoms with Crippen molar-refractivity contribution in [1.82, 2.24) is 4.90 Å². The number of hydrogen-bond acceptors (Lipinski definition) is 6. The van der Waals surface area contributed by atoms with Gasteiger partial charge in [-0.25, -0.2) is 0 Å². The standard InChI is InChI=1S/C27H23NO6/c29-20-8-4-7-18(15-20)24-23(25(30)19-9-10-21-22(16-19)34-14-13-33-21)26(31)27(32)28(24)12-11-17-5-2-1-3-6-17/h1-10,15-16,24,29-30H,11-14H2/t24-/m1/s1. The first-order valence-corrected chi connectivity index (χ1v) is 11.0. The van der Waals surface area contributed by atoms with Gasteiger partial charge in [-0.3, -0.25) is 9.59 Å². The number of carbonyl (C=O) groups excluding carboxylic acids is 2. The molecule has 2 heterocycles. The van der Waals surface area contributed by atoms with Gasteiger partial charge < -0.3 is 24.6 Å². The Balaban J connectivity index is 1.58. The quantitative estimate of drug-likeness (QED) is 0.344. The van der Waals surface area contributed by atoms with E-state index in [2.05, 4.69) is 0 Å². The number of carbonyl (C=O) groups is 2. The Morgan fingerprint density at radius 2 is 1.68 bits per heavy atom. The predicted molar refractivity (Wildman–Crippen MR) is 125 cm³/mol. The van der Waals surface area contributed by atoms with E-state index in [1.165, 1.54) is 17.0 Å². The van der Waals surface area contributed by atoms with Crippen LogP contribution in [0.1, 0.15) is 22.7 Å². The number of rotatable bonds is 5. The molecule has 3 aromatic rings. The van der Waals surface area contributed by atoms with E-state index in [1.807, 2.05) is 30.3 Å². The van der Waals surface area contributed by atoms with Crippen LogP contribution in [0.2, 0.25) is 0 Å². The average Bonchev–Trinajstić information content (AvgIpc) is 3.12. The van der Waals surface area contributed by atoms with Crippen molar-refractivity contribution in [3.8, 4) is 17.2 Å². The van der Waals surface area contributed by atoms with Gasteiger partial charge >= 0.3 is 0 Å². The first kappa shape index (κ1) is 21.6. The van der Waals surface area contributed by atoms with Crippen LogP contribution in [0, 0.1) is 0 Å². The number of nitrogens with zero attached hydrogens (tertiary/aromatic N) is 1. The lowest BCUT2D eigenvalue weighted by Crippen LogP contribution is -2.31. The van der Waals surface area contributed by atoms with Crippen LogP contribution >= 0.6 is 0 Å². The van der Waals surface area contributed by atoms with Gasteiger partial charge in [-0.2, -0.15) is 0 Å². The van der Waals surface area contributed by atoms with Crippen molar-refractivity contribution in [2.75, 3.05) is 19.8 Å². The fourth-order valence-corrected chi connectivity index (χ4v) is 4.39. The maximum atomic E-state index is 13.2. The highest BCUT2D eigenvalue weighted by molar-refractivity contribution is 6.46. The molecule has 0 bridgehead atoms. The number of phenolic OH excluding ortho intramolecular Hbond substituents is 1. The van der Waals surface area contributed by atoms with Crippen LogP contribution in [0.3, 0.4) is 0 Å². The van der Waals surface area contributed by atoms with Crippen LogP contribution in [0.4, 0.5) is 0 Å². The number of Topliss-reactive ketones (excluding diaryl/α,β-unsaturated/α-hetero) is 1. The molecule has 172 valence electrons. The number of aliphatic hydroxyl groups excluding tert-OH is 1. The Morgan fingerprint density at radius 3 is 2.44 bits per heavy atom. The first-order chi connectivity index (χ1) is 16.5. The van der Waals surface area contributed by atoms with Gasteiger partial charge in [-0.15, -0.1) is 0 Å². The summed E-state index contributed by atoms with van der Waals surface area (Å²) in [7, 11) is 0. The molecule has 1 saturated heterocycles. The molecule has 34 heavy (non-hydrogen) atoms. The topological polar surface area (TPSA) is 96.3 Å². The summed E-state index contributed by atoms with van der Waals surface area (Å²) in [6.45, 7) is 1.08. The molecule has 0 aromatic heterocycles. The number of likely N-dealkylation sites (tertiary alicyclic amines) is 1. The Bertz CT molecular complexity index is 1280. The molecule has 3 aromatic carbocycles. The van der Waals surface area contributed by atoms with Gasteiger partial charge in [0.1, 0.15) is 24.7 Å². The zero-order chi connectivity index (χ0) is 23.7. The molecule has 2 N–H and O–H groups in total. The first-order valence-electron chi connectivity index (χ1n) is 11.0. The van der Waals surface area contributed by atoms with Crippen molar-refractivity contribution in [3.05, 3.63) is 95.1 Å². The summed E-state index contributed by atoms with van der Waals surface area (Å²) in [5, 5.41) is 21.3. The van der Waals surface area contributed by atoms with Crippen molar-refractivity contribution in [2.24, 2.45) is 0 Å². The number of ether oxygens (including phenoxy) is 2. The van der Waals surface area contributed by atoms with Crippen molar-refractivity contribution in [1.29, 1.82) is 0 Å². The maximum Gasteiger partial charge on any atom is 0.295 e. The number of hydrogen-bond donors (Lipinski definition) is 2. The lowest BCUT2D eigenvalue weighted by molar-refractivity contribution is -0.139. The molecule has 5 rings (SSSR count). The fourth-order valence-electron chi connectivity index (χ4n) is 4.39. The fraction of sp³-hybridized carbons (Fsp3) is 0.185. The van der Waals surface area contributed by atoms with Crippen molar-refractivity contribution in [2.45, 2.75) is 12.5 Å². The number of phenols is 1. The van der Waals surface area contributed by atoms with E-state index in [1.54, 1.807) is 30.3 Å². The van der Waals surface area contributed by atoms with E-state index in [9.17, 15) is 19.8 Å². The number of aliphatic hydroxyl groups is 1. The highest BCUT2D eigenvalue weighted by Crippen LogP contribution is 2.41. The number of amides is 1. The molecular weight excluding hydrogens is 434 g/mol. The summed E-state index contributed by atoms with van der Waals surface area (Å²) in [6.07, 6.45) is 0.535. The number of ketones is 1. The van der Waals surface area contributed by atoms with E-state index in [0.29, 0.717) is 42.3 Å². The molecule has 2 aliphatic rings. The Morgan fingerprint density at radius 1 is 0.912 bits per heavy atom. The van der Waals surface area contributed by atoms with E-state index in [0.717, 1.165) is 5.56 Å². The molecule has 2 aliphatic heterocycles. The van der Waals surface area contributed by atoms with E-state index >= 15 is 0 Å². The Hall–Kier alpha value is -4.26. The average molecular weight is 457 g/mol. The summed E-state index contributed by atoms with van der Waals surface area (Å²) in [4.78, 5) is 27.7. The van der Waals surface area contributed by atoms with Gasteiger partial charge in [0, 0.05) is 12.1 Å². The zero-order valence-corrected chi connectivity index (χ0v) is 18.3. The molecule has 1 amide bonds. The normalized spacial score (nSPS) is 18.8. The third-order valence-electron chi connectivity index (χ3n) is 6.03. The maximum absolute atomic E-state index is 13.2. The van der Waals surface area contributed by atoms with E-state index < -0.39 is 17.7 Å². The second-order valence-corrected chi connectivity index (χ2v) is 8.18. The van der Waals surface area contributed by atoms with Crippen LogP contribution in [0.5, 0.6) is 17.2 Å². The number of fused-ring (bicyclic) bond motifs is 1. The van der Waals surface area contributed by atoms with Crippen LogP contribution < -0.4 is 9.47 Å². The Kier molecular flexibility index (Phi) is 5.67. The zero-order valence-electron chi connectivity index (χ0n) is 18.3. The van der Waals surface area contributed by atoms with Crippen LogP contribution in [0.15, 0.2) is 78.4 Å². The molecule has 0 unspecified atom stereocenters. The molecule has 0 saturated carbocycles. The molecule has 1 atom stereocenters. The molecule has 1 fully saturated rings. The second-order valence-electron chi connectivity index (χ2n) is 8.18. The van der Waals surface area contributed by atoms with Crippen LogP contribution in [-0.4, -0.2) is 46.6 Å². The molecule has 7 heteroatoms. The predicted octanol–water partition coefficient (Wildman–Crippen LogP) is 3.83. The molecule has 7 nitrogen and oxygen atoms in total. The molecule has 0 aliphatic carbocycles. The van der Waals surface area contributed by atoms with Crippen molar-refractivity contribution < 1.29 is 29.3 Å². The lowest BCUT2D eigenvalue weighted by atomic mass is 9.95. The smallest absolute Gasteiger partial charge is 0.295 e. The lowest BCUT2D eigenvalue weighted by Gasteiger charge is -2.25. The van der Waals surface area contributed by atoms with Gasteiger partial charge in [-0.05, 0) is 47.9 Å². The molecular formula is C27H23NO6. The monoisotopic (exact) mass is 457 g/mol. The number of benzene rings is 3. The van der Waals surface area contributed by atoms with E-state index in [4.69, 9.17) is 9.47 Å². The van der Waals surface area contributed by atoms with Crippen molar-refractivity contribution in [3.63, 3.8) is 0 Å². The summed E-state index contributed by atoms with van der Waals surface area (Å²) >= 11 is 0. The van der Waals surface area contributed by atoms with Crippen molar-refractivity contribution >= 4 is 17.4 Å². The van der Waals surface area contributed by atoms with Gasteiger partial charge in [0.2, 0.25) is 0 Å². The van der Waals surface area contributed by atoms with Crippen LogP contribution in [-0.2, 0) is 16.0 Å². The van der Waals surface area contributed by atoms with Gasteiger partial charge in [-0.1, -0.05) is 42.5 Å². The highest BCUT2D eigenvalue weighted by atomic mass is 16.6. The minimum atomic E-state index is -0.844. The molecule has 0 spiro atoms. The third-order valence-corrected chi connectivity index (χ3v) is 6.03. The summed E-state index contributed by atoms with van der Waals surface area (Å²) < 4.78 is 11.1. The Labute approximate surface area is 196 Å². The minimum Gasteiger partial charge on any atom is -0.508 e. The number of aromatic hydroxyl groups is 1. The van der Waals surface area contributed by atoms with Gasteiger partial charge in [0.15, 0.2) is 11.5 Å². The SMILES string of the molecule is O=C1C(=O)N(CCc2ccccc2)[C@H](c2cccc(O)c2)C1=C(O)c1ccc2c(c1)OCCO2. The summed E-state index contributed by atoms with van der Waals surface area (Å²) in [5.41, 5.74) is 1.87. The highest BCUT2D eigenvalue weighted by Gasteiger charge is 2.46.